The second kappa shape index (κ2) is 9.04. The lowest BCUT2D eigenvalue weighted by atomic mass is 10.1. The zero-order chi connectivity index (χ0) is 22.1. The molecule has 6 heteroatoms. The molecule has 0 N–H and O–H groups in total. The third kappa shape index (κ3) is 3.93. The summed E-state index contributed by atoms with van der Waals surface area (Å²) in [5.74, 6) is 0.266. The van der Waals surface area contributed by atoms with Crippen LogP contribution in [0.1, 0.15) is 45.6 Å². The van der Waals surface area contributed by atoms with E-state index in [2.05, 4.69) is 0 Å². The number of thiophene rings is 1. The van der Waals surface area contributed by atoms with Crippen LogP contribution in [0.2, 0.25) is 0 Å². The van der Waals surface area contributed by atoms with Gasteiger partial charge in [0.2, 0.25) is 0 Å². The Morgan fingerprint density at radius 2 is 1.78 bits per heavy atom. The van der Waals surface area contributed by atoms with Gasteiger partial charge in [-0.15, -0.1) is 11.3 Å². The summed E-state index contributed by atoms with van der Waals surface area (Å²) in [6, 6.07) is 17.1. The van der Waals surface area contributed by atoms with Crippen molar-refractivity contribution in [3.63, 3.8) is 0 Å². The van der Waals surface area contributed by atoms with Crippen LogP contribution in [0.3, 0.4) is 0 Å². The van der Waals surface area contributed by atoms with Gasteiger partial charge < -0.3 is 0 Å². The molecule has 0 unspecified atom stereocenters. The standard InChI is InChI=1S/C26H24N2O2S2/c1-17-10-8-9-14-20(17)28-25(30)23-19-13-6-3-7-15-22(19)32-24(23)27-26(28)31-16-21(29)18-11-4-2-5-12-18/h2,4-5,8-12,14H,3,6-7,13,15-16H2,1H3. The Morgan fingerprint density at radius 3 is 2.59 bits per heavy atom. The average Bonchev–Trinajstić information content (AvgIpc) is 3.00. The Balaban J connectivity index is 1.64. The summed E-state index contributed by atoms with van der Waals surface area (Å²) in [6.45, 7) is 2.00. The van der Waals surface area contributed by atoms with Crippen LogP contribution in [0, 0.1) is 6.92 Å². The van der Waals surface area contributed by atoms with Crippen LogP contribution < -0.4 is 5.56 Å². The van der Waals surface area contributed by atoms with E-state index in [1.54, 1.807) is 15.9 Å². The van der Waals surface area contributed by atoms with Crippen molar-refractivity contribution in [3.05, 3.63) is 86.5 Å². The van der Waals surface area contributed by atoms with Crippen molar-refractivity contribution in [3.8, 4) is 5.69 Å². The van der Waals surface area contributed by atoms with Crippen LogP contribution in [-0.4, -0.2) is 21.1 Å². The zero-order valence-electron chi connectivity index (χ0n) is 18.0. The predicted molar refractivity (Wildman–Crippen MR) is 133 cm³/mol. The quantitative estimate of drug-likeness (QED) is 0.159. The molecule has 0 atom stereocenters. The first kappa shape index (κ1) is 21.2. The normalized spacial score (nSPS) is 13.7. The first-order chi connectivity index (χ1) is 15.6. The Morgan fingerprint density at radius 1 is 1.03 bits per heavy atom. The van der Waals surface area contributed by atoms with Gasteiger partial charge in [0.25, 0.3) is 5.56 Å². The van der Waals surface area contributed by atoms with Crippen molar-refractivity contribution >= 4 is 39.1 Å². The van der Waals surface area contributed by atoms with Crippen LogP contribution in [0.4, 0.5) is 0 Å². The SMILES string of the molecule is Cc1ccccc1-n1c(SCC(=O)c2ccccc2)nc2sc3c(c2c1=O)CCCCC3. The molecule has 5 rings (SSSR count). The second-order valence-corrected chi connectivity index (χ2v) is 10.2. The Bertz CT molecular complexity index is 1360. The molecule has 0 saturated carbocycles. The summed E-state index contributed by atoms with van der Waals surface area (Å²) < 4.78 is 1.72. The molecule has 32 heavy (non-hydrogen) atoms. The smallest absolute Gasteiger partial charge is 0.267 e. The largest absolute Gasteiger partial charge is 0.293 e. The Kier molecular flexibility index (Phi) is 5.98. The summed E-state index contributed by atoms with van der Waals surface area (Å²) >= 11 is 3.00. The van der Waals surface area contributed by atoms with E-state index in [4.69, 9.17) is 4.98 Å². The first-order valence-corrected chi connectivity index (χ1v) is 12.8. The number of aryl methyl sites for hydroxylation is 3. The topological polar surface area (TPSA) is 52.0 Å². The number of carbonyl (C=O) groups excluding carboxylic acids is 1. The van der Waals surface area contributed by atoms with E-state index >= 15 is 0 Å². The molecule has 0 saturated heterocycles. The maximum absolute atomic E-state index is 13.9. The van der Waals surface area contributed by atoms with Gasteiger partial charge in [0.05, 0.1) is 16.8 Å². The summed E-state index contributed by atoms with van der Waals surface area (Å²) in [5.41, 5.74) is 3.69. The lowest BCUT2D eigenvalue weighted by molar-refractivity contribution is 0.102. The molecule has 0 fully saturated rings. The molecule has 2 aromatic heterocycles. The molecular weight excluding hydrogens is 436 g/mol. The molecule has 0 aliphatic heterocycles. The minimum absolute atomic E-state index is 0.0154. The van der Waals surface area contributed by atoms with Crippen LogP contribution in [0.25, 0.3) is 15.9 Å². The number of fused-ring (bicyclic) bond motifs is 3. The number of thioether (sulfide) groups is 1. The number of benzene rings is 2. The lowest BCUT2D eigenvalue weighted by Crippen LogP contribution is -2.23. The van der Waals surface area contributed by atoms with Gasteiger partial charge in [-0.25, -0.2) is 4.98 Å². The second-order valence-electron chi connectivity index (χ2n) is 8.14. The van der Waals surface area contributed by atoms with Gasteiger partial charge in [-0.3, -0.25) is 14.2 Å². The third-order valence-electron chi connectivity index (χ3n) is 5.99. The molecular formula is C26H24N2O2S2. The van der Waals surface area contributed by atoms with Gasteiger partial charge in [0.1, 0.15) is 4.83 Å². The van der Waals surface area contributed by atoms with Crippen LogP contribution >= 0.6 is 23.1 Å². The highest BCUT2D eigenvalue weighted by Crippen LogP contribution is 2.35. The molecule has 1 aliphatic rings. The molecule has 2 heterocycles. The molecule has 1 aliphatic carbocycles. The summed E-state index contributed by atoms with van der Waals surface area (Å²) in [6.07, 6.45) is 5.45. The predicted octanol–water partition coefficient (Wildman–Crippen LogP) is 6.00. The van der Waals surface area contributed by atoms with Crippen molar-refractivity contribution < 1.29 is 4.79 Å². The molecule has 0 radical (unpaired) electrons. The van der Waals surface area contributed by atoms with E-state index in [9.17, 15) is 9.59 Å². The number of hydrogen-bond donors (Lipinski definition) is 0. The number of para-hydroxylation sites is 1. The molecule has 2 aromatic carbocycles. The highest BCUT2D eigenvalue weighted by Gasteiger charge is 2.23. The molecule has 162 valence electrons. The number of Topliss-reactive ketones (excluding diaryl/α,β-unsaturated/α-hetero) is 1. The van der Waals surface area contributed by atoms with E-state index in [0.717, 1.165) is 40.7 Å². The van der Waals surface area contributed by atoms with Crippen molar-refractivity contribution in [2.24, 2.45) is 0 Å². The summed E-state index contributed by atoms with van der Waals surface area (Å²) in [7, 11) is 0. The van der Waals surface area contributed by atoms with E-state index in [1.807, 2.05) is 61.5 Å². The number of carbonyl (C=O) groups is 1. The fourth-order valence-corrected chi connectivity index (χ4v) is 6.53. The van der Waals surface area contributed by atoms with E-state index in [0.29, 0.717) is 10.7 Å². The number of ketones is 1. The van der Waals surface area contributed by atoms with Gasteiger partial charge in [0.15, 0.2) is 10.9 Å². The lowest BCUT2D eigenvalue weighted by Gasteiger charge is -2.14. The maximum Gasteiger partial charge on any atom is 0.267 e. The minimum Gasteiger partial charge on any atom is -0.293 e. The van der Waals surface area contributed by atoms with Crippen molar-refractivity contribution in [1.29, 1.82) is 0 Å². The summed E-state index contributed by atoms with van der Waals surface area (Å²) in [4.78, 5) is 33.7. The molecule has 0 bridgehead atoms. The van der Waals surface area contributed by atoms with Gasteiger partial charge in [-0.2, -0.15) is 0 Å². The number of aromatic nitrogens is 2. The molecule has 0 spiro atoms. The molecule has 4 aromatic rings. The van der Waals surface area contributed by atoms with Gasteiger partial charge in [-0.1, -0.05) is 66.7 Å². The average molecular weight is 461 g/mol. The van der Waals surface area contributed by atoms with Crippen molar-refractivity contribution in [2.75, 3.05) is 5.75 Å². The maximum atomic E-state index is 13.9. The van der Waals surface area contributed by atoms with E-state index in [-0.39, 0.29) is 17.1 Å². The van der Waals surface area contributed by atoms with Gasteiger partial charge in [0, 0.05) is 10.4 Å². The zero-order valence-corrected chi connectivity index (χ0v) is 19.6. The Hall–Kier alpha value is -2.70. The third-order valence-corrected chi connectivity index (χ3v) is 8.12. The number of nitrogens with zero attached hydrogens (tertiary/aromatic N) is 2. The first-order valence-electron chi connectivity index (χ1n) is 11.0. The van der Waals surface area contributed by atoms with Gasteiger partial charge >= 0.3 is 0 Å². The number of hydrogen-bond acceptors (Lipinski definition) is 5. The summed E-state index contributed by atoms with van der Waals surface area (Å²) in [5, 5.41) is 1.35. The monoisotopic (exact) mass is 460 g/mol. The Labute approximate surface area is 195 Å². The highest BCUT2D eigenvalue weighted by molar-refractivity contribution is 7.99. The van der Waals surface area contributed by atoms with Crippen molar-refractivity contribution in [1.82, 2.24) is 9.55 Å². The fraction of sp³-hybridized carbons (Fsp3) is 0.269. The van der Waals surface area contributed by atoms with Crippen molar-refractivity contribution in [2.45, 2.75) is 44.2 Å². The highest BCUT2D eigenvalue weighted by atomic mass is 32.2. The molecule has 0 amide bonds. The van der Waals surface area contributed by atoms with Crippen LogP contribution in [0.15, 0.2) is 64.5 Å². The fourth-order valence-electron chi connectivity index (χ4n) is 4.32. The van der Waals surface area contributed by atoms with Gasteiger partial charge in [-0.05, 0) is 49.8 Å². The van der Waals surface area contributed by atoms with Crippen LogP contribution in [-0.2, 0) is 12.8 Å². The van der Waals surface area contributed by atoms with E-state index < -0.39 is 0 Å². The minimum atomic E-state index is -0.0154. The van der Waals surface area contributed by atoms with E-state index in [1.165, 1.54) is 35.0 Å². The van der Waals surface area contributed by atoms with Crippen LogP contribution in [0.5, 0.6) is 0 Å². The number of rotatable bonds is 5. The molecule has 4 nitrogen and oxygen atoms in total.